The molecule has 3 heterocycles. The fourth-order valence-corrected chi connectivity index (χ4v) is 4.88. The third kappa shape index (κ3) is 3.30. The standard InChI is InChI=1S/C23H20N4O3S/c1-26-18-17(12-24-27(23(18)29)13-14-7-6-10-16(11-14)30-2)20-21(26)25-22(31-20)19(28)15-8-4-3-5-9-15/h3-12,19,28H,13H2,1-2H3. The predicted octanol–water partition coefficient (Wildman–Crippen LogP) is 3.48. The van der Waals surface area contributed by atoms with E-state index in [0.29, 0.717) is 22.7 Å². The minimum absolute atomic E-state index is 0.182. The Hall–Kier alpha value is -3.49. The number of aromatic nitrogens is 4. The number of hydrogen-bond acceptors (Lipinski definition) is 6. The van der Waals surface area contributed by atoms with Gasteiger partial charge in [0.05, 0.1) is 24.6 Å². The Morgan fingerprint density at radius 2 is 1.97 bits per heavy atom. The summed E-state index contributed by atoms with van der Waals surface area (Å²) in [7, 11) is 3.43. The molecule has 5 rings (SSSR count). The summed E-state index contributed by atoms with van der Waals surface area (Å²) in [5, 5.41) is 16.5. The number of aliphatic hydroxyl groups is 1. The van der Waals surface area contributed by atoms with Crippen LogP contribution in [0.5, 0.6) is 5.75 Å². The largest absolute Gasteiger partial charge is 0.497 e. The van der Waals surface area contributed by atoms with Crippen molar-refractivity contribution in [1.29, 1.82) is 0 Å². The first kappa shape index (κ1) is 19.5. The van der Waals surface area contributed by atoms with Crippen LogP contribution >= 0.6 is 11.3 Å². The molecule has 8 heteroatoms. The fourth-order valence-electron chi connectivity index (χ4n) is 3.76. The van der Waals surface area contributed by atoms with Gasteiger partial charge in [-0.2, -0.15) is 5.10 Å². The van der Waals surface area contributed by atoms with Gasteiger partial charge >= 0.3 is 0 Å². The Morgan fingerprint density at radius 3 is 2.74 bits per heavy atom. The average molecular weight is 433 g/mol. The van der Waals surface area contributed by atoms with Crippen LogP contribution in [-0.2, 0) is 13.6 Å². The zero-order valence-corrected chi connectivity index (χ0v) is 17.8. The van der Waals surface area contributed by atoms with Crippen LogP contribution in [0.3, 0.4) is 0 Å². The molecular formula is C23H20N4O3S. The van der Waals surface area contributed by atoms with Crippen molar-refractivity contribution in [3.8, 4) is 5.75 Å². The molecule has 0 saturated heterocycles. The maximum Gasteiger partial charge on any atom is 0.291 e. The molecule has 0 aliphatic carbocycles. The SMILES string of the molecule is COc1cccc(Cn2ncc3c4sc(C(O)c5ccccc5)nc4n(C)c3c2=O)c1. The number of nitrogens with zero attached hydrogens (tertiary/aromatic N) is 4. The van der Waals surface area contributed by atoms with Gasteiger partial charge in [0.15, 0.2) is 5.65 Å². The smallest absolute Gasteiger partial charge is 0.291 e. The first-order valence-electron chi connectivity index (χ1n) is 9.77. The van der Waals surface area contributed by atoms with Crippen molar-refractivity contribution in [3.63, 3.8) is 0 Å². The van der Waals surface area contributed by atoms with Gasteiger partial charge in [-0.3, -0.25) is 4.79 Å². The summed E-state index contributed by atoms with van der Waals surface area (Å²) in [5.74, 6) is 0.736. The van der Waals surface area contributed by atoms with Gasteiger partial charge in [-0.25, -0.2) is 9.67 Å². The van der Waals surface area contributed by atoms with Gasteiger partial charge in [0.1, 0.15) is 22.4 Å². The van der Waals surface area contributed by atoms with E-state index in [1.165, 1.54) is 16.0 Å². The first-order chi connectivity index (χ1) is 15.1. The van der Waals surface area contributed by atoms with Gasteiger partial charge in [-0.05, 0) is 23.3 Å². The molecule has 156 valence electrons. The molecule has 0 aliphatic rings. The molecule has 2 aromatic carbocycles. The van der Waals surface area contributed by atoms with Crippen LogP contribution < -0.4 is 10.3 Å². The van der Waals surface area contributed by atoms with E-state index in [0.717, 1.165) is 27.0 Å². The molecule has 5 aromatic rings. The van der Waals surface area contributed by atoms with Crippen molar-refractivity contribution in [3.05, 3.63) is 87.3 Å². The summed E-state index contributed by atoms with van der Waals surface area (Å²) in [5.41, 5.74) is 2.74. The van der Waals surface area contributed by atoms with Gasteiger partial charge in [-0.15, -0.1) is 11.3 Å². The normalized spacial score (nSPS) is 12.5. The van der Waals surface area contributed by atoms with Crippen molar-refractivity contribution in [2.75, 3.05) is 7.11 Å². The van der Waals surface area contributed by atoms with Crippen LogP contribution in [0, 0.1) is 0 Å². The van der Waals surface area contributed by atoms with Gasteiger partial charge < -0.3 is 14.4 Å². The van der Waals surface area contributed by atoms with Gasteiger partial charge in [0.2, 0.25) is 0 Å². The third-order valence-corrected chi connectivity index (χ3v) is 6.49. The Labute approximate surface area is 181 Å². The maximum absolute atomic E-state index is 13.2. The van der Waals surface area contributed by atoms with E-state index < -0.39 is 6.10 Å². The van der Waals surface area contributed by atoms with E-state index >= 15 is 0 Å². The number of ether oxygens (including phenoxy) is 1. The monoisotopic (exact) mass is 432 g/mol. The van der Waals surface area contributed by atoms with E-state index in [9.17, 15) is 9.90 Å². The van der Waals surface area contributed by atoms with Gasteiger partial charge in [0, 0.05) is 12.4 Å². The molecule has 1 unspecified atom stereocenters. The van der Waals surface area contributed by atoms with Crippen LogP contribution in [0.4, 0.5) is 0 Å². The van der Waals surface area contributed by atoms with Crippen molar-refractivity contribution in [2.45, 2.75) is 12.6 Å². The number of thiazole rings is 1. The van der Waals surface area contributed by atoms with Crippen molar-refractivity contribution >= 4 is 32.6 Å². The second-order valence-corrected chi connectivity index (χ2v) is 8.33. The highest BCUT2D eigenvalue weighted by atomic mass is 32.1. The number of rotatable bonds is 5. The highest BCUT2D eigenvalue weighted by molar-refractivity contribution is 7.19. The summed E-state index contributed by atoms with van der Waals surface area (Å²) in [6, 6.07) is 17.0. The zero-order valence-electron chi connectivity index (χ0n) is 17.0. The topological polar surface area (TPSA) is 82.2 Å². The van der Waals surface area contributed by atoms with Crippen molar-refractivity contribution < 1.29 is 9.84 Å². The molecule has 0 amide bonds. The van der Waals surface area contributed by atoms with E-state index in [1.807, 2.05) is 61.6 Å². The van der Waals surface area contributed by atoms with Crippen molar-refractivity contribution in [2.24, 2.45) is 7.05 Å². The molecular weight excluding hydrogens is 412 g/mol. The summed E-state index contributed by atoms with van der Waals surface area (Å²) in [4.78, 5) is 17.8. The quantitative estimate of drug-likeness (QED) is 0.460. The van der Waals surface area contributed by atoms with Crippen LogP contribution in [0.2, 0.25) is 0 Å². The second kappa shape index (κ2) is 7.64. The second-order valence-electron chi connectivity index (χ2n) is 7.30. The first-order valence-corrected chi connectivity index (χ1v) is 10.6. The lowest BCUT2D eigenvalue weighted by atomic mass is 10.1. The molecule has 1 atom stereocenters. The van der Waals surface area contributed by atoms with Crippen LogP contribution in [0.1, 0.15) is 22.2 Å². The number of hydrogen-bond donors (Lipinski definition) is 1. The third-order valence-electron chi connectivity index (χ3n) is 5.36. The van der Waals surface area contributed by atoms with E-state index in [-0.39, 0.29) is 5.56 Å². The summed E-state index contributed by atoms with van der Waals surface area (Å²) >= 11 is 1.39. The van der Waals surface area contributed by atoms with E-state index in [4.69, 9.17) is 4.74 Å². The van der Waals surface area contributed by atoms with Crippen molar-refractivity contribution in [1.82, 2.24) is 19.3 Å². The van der Waals surface area contributed by atoms with Gasteiger partial charge in [0.25, 0.3) is 5.56 Å². The Balaban J connectivity index is 1.57. The highest BCUT2D eigenvalue weighted by Crippen LogP contribution is 2.35. The molecule has 1 N–H and O–H groups in total. The molecule has 7 nitrogen and oxygen atoms in total. The summed E-state index contributed by atoms with van der Waals surface area (Å²) in [6.45, 7) is 0.343. The lowest BCUT2D eigenvalue weighted by molar-refractivity contribution is 0.220. The molecule has 0 fully saturated rings. The fraction of sp³-hybridized carbons (Fsp3) is 0.174. The molecule has 0 bridgehead atoms. The van der Waals surface area contributed by atoms with E-state index in [2.05, 4.69) is 10.1 Å². The number of methoxy groups -OCH3 is 1. The molecule has 0 aliphatic heterocycles. The number of fused-ring (bicyclic) bond motifs is 3. The van der Waals surface area contributed by atoms with Gasteiger partial charge in [-0.1, -0.05) is 42.5 Å². The Morgan fingerprint density at radius 1 is 1.16 bits per heavy atom. The maximum atomic E-state index is 13.2. The number of aryl methyl sites for hydroxylation is 1. The van der Waals surface area contributed by atoms with Crippen LogP contribution in [0.15, 0.2) is 65.6 Å². The number of benzene rings is 2. The molecule has 0 radical (unpaired) electrons. The van der Waals surface area contributed by atoms with E-state index in [1.54, 1.807) is 17.9 Å². The molecule has 0 spiro atoms. The Bertz CT molecular complexity index is 1450. The molecule has 3 aromatic heterocycles. The summed E-state index contributed by atoms with van der Waals surface area (Å²) in [6.07, 6.45) is 0.894. The number of aliphatic hydroxyl groups excluding tert-OH is 1. The lowest BCUT2D eigenvalue weighted by Crippen LogP contribution is -2.24. The zero-order chi connectivity index (χ0) is 21.5. The summed E-state index contributed by atoms with van der Waals surface area (Å²) < 4.78 is 9.34. The Kier molecular flexibility index (Phi) is 4.80. The van der Waals surface area contributed by atoms with Crippen LogP contribution in [0.25, 0.3) is 21.3 Å². The molecule has 31 heavy (non-hydrogen) atoms. The lowest BCUT2D eigenvalue weighted by Gasteiger charge is -2.08. The molecule has 0 saturated carbocycles. The predicted molar refractivity (Wildman–Crippen MR) is 121 cm³/mol. The minimum atomic E-state index is -0.810. The highest BCUT2D eigenvalue weighted by Gasteiger charge is 2.22. The average Bonchev–Trinajstić information content (AvgIpc) is 3.35. The minimum Gasteiger partial charge on any atom is -0.497 e. The van der Waals surface area contributed by atoms with Crippen LogP contribution in [-0.4, -0.2) is 31.5 Å².